The monoisotopic (exact) mass is 372 g/mol. The number of carbonyl (C=O) groups excluding carboxylic acids is 1. The largest absolute Gasteiger partial charge is 0.377 e. The second kappa shape index (κ2) is 9.10. The summed E-state index contributed by atoms with van der Waals surface area (Å²) in [5.74, 6) is 1.15. The minimum atomic E-state index is -0.0340. The van der Waals surface area contributed by atoms with Crippen LogP contribution in [-0.2, 0) is 16.1 Å². The summed E-state index contributed by atoms with van der Waals surface area (Å²) in [6, 6.07) is 7.82. The van der Waals surface area contributed by atoms with Gasteiger partial charge in [-0.3, -0.25) is 4.79 Å². The third-order valence-electron chi connectivity index (χ3n) is 4.96. The van der Waals surface area contributed by atoms with Gasteiger partial charge in [0.05, 0.1) is 6.10 Å². The van der Waals surface area contributed by atoms with Crippen LogP contribution in [0.15, 0.2) is 28.8 Å². The third kappa shape index (κ3) is 5.14. The number of rotatable bonds is 7. The molecule has 3 atom stereocenters. The number of nitrogens with zero attached hydrogens (tertiary/aromatic N) is 2. The van der Waals surface area contributed by atoms with Crippen LogP contribution in [0.1, 0.15) is 44.1 Å². The van der Waals surface area contributed by atoms with Crippen LogP contribution >= 0.6 is 0 Å². The molecule has 0 aliphatic heterocycles. The van der Waals surface area contributed by atoms with E-state index in [4.69, 9.17) is 15.0 Å². The van der Waals surface area contributed by atoms with Gasteiger partial charge in [-0.15, -0.1) is 0 Å². The van der Waals surface area contributed by atoms with Crippen molar-refractivity contribution in [1.29, 1.82) is 0 Å². The molecule has 2 aromatic rings. The van der Waals surface area contributed by atoms with E-state index in [-0.39, 0.29) is 24.0 Å². The van der Waals surface area contributed by atoms with Crippen molar-refractivity contribution in [2.45, 2.75) is 58.2 Å². The molecule has 1 aliphatic carbocycles. The Kier molecular flexibility index (Phi) is 6.58. The van der Waals surface area contributed by atoms with Crippen LogP contribution < -0.4 is 11.1 Å². The molecule has 0 bridgehead atoms. The molecule has 1 heterocycles. The van der Waals surface area contributed by atoms with Crippen molar-refractivity contribution in [3.63, 3.8) is 0 Å². The molecule has 7 nitrogen and oxygen atoms in total. The van der Waals surface area contributed by atoms with E-state index in [1.165, 1.54) is 0 Å². The molecule has 146 valence electrons. The number of nitrogens with one attached hydrogen (secondary N) is 1. The quantitative estimate of drug-likeness (QED) is 0.774. The van der Waals surface area contributed by atoms with Crippen LogP contribution in [0, 0.1) is 12.8 Å². The van der Waals surface area contributed by atoms with Gasteiger partial charge in [-0.05, 0) is 31.2 Å². The normalized spacial score (nSPS) is 22.6. The number of aryl methyl sites for hydroxylation is 1. The summed E-state index contributed by atoms with van der Waals surface area (Å²) in [7, 11) is 0. The Morgan fingerprint density at radius 3 is 2.78 bits per heavy atom. The molecule has 1 amide bonds. The second-order valence-electron chi connectivity index (χ2n) is 7.13. The van der Waals surface area contributed by atoms with Crippen LogP contribution in [0.2, 0.25) is 0 Å². The summed E-state index contributed by atoms with van der Waals surface area (Å²) in [5.41, 5.74) is 8.05. The summed E-state index contributed by atoms with van der Waals surface area (Å²) >= 11 is 0. The van der Waals surface area contributed by atoms with Crippen molar-refractivity contribution < 1.29 is 14.1 Å². The maximum absolute atomic E-state index is 12.5. The van der Waals surface area contributed by atoms with Gasteiger partial charge in [0.2, 0.25) is 17.6 Å². The highest BCUT2D eigenvalue weighted by atomic mass is 16.5. The van der Waals surface area contributed by atoms with Crippen LogP contribution in [0.4, 0.5) is 0 Å². The number of carbonyl (C=O) groups is 1. The maximum atomic E-state index is 12.5. The van der Waals surface area contributed by atoms with Gasteiger partial charge in [0.25, 0.3) is 0 Å². The average molecular weight is 372 g/mol. The lowest BCUT2D eigenvalue weighted by Crippen LogP contribution is -2.45. The Labute approximate surface area is 159 Å². The average Bonchev–Trinajstić information content (AvgIpc) is 3.12. The fourth-order valence-electron chi connectivity index (χ4n) is 3.37. The first-order chi connectivity index (χ1) is 13.1. The predicted molar refractivity (Wildman–Crippen MR) is 102 cm³/mol. The van der Waals surface area contributed by atoms with E-state index < -0.39 is 0 Å². The van der Waals surface area contributed by atoms with Crippen molar-refractivity contribution in [2.24, 2.45) is 11.7 Å². The van der Waals surface area contributed by atoms with Gasteiger partial charge in [-0.25, -0.2) is 0 Å². The first-order valence-corrected chi connectivity index (χ1v) is 9.61. The maximum Gasteiger partial charge on any atom is 0.223 e. The van der Waals surface area contributed by atoms with Gasteiger partial charge in [0, 0.05) is 37.6 Å². The smallest absolute Gasteiger partial charge is 0.223 e. The lowest BCUT2D eigenvalue weighted by atomic mass is 9.83. The van der Waals surface area contributed by atoms with Gasteiger partial charge >= 0.3 is 0 Å². The highest BCUT2D eigenvalue weighted by Gasteiger charge is 2.32. The number of hydrogen-bond acceptors (Lipinski definition) is 6. The molecular weight excluding hydrogens is 344 g/mol. The van der Waals surface area contributed by atoms with E-state index in [9.17, 15) is 4.79 Å². The summed E-state index contributed by atoms with van der Waals surface area (Å²) < 4.78 is 10.8. The van der Waals surface area contributed by atoms with E-state index in [0.717, 1.165) is 30.4 Å². The standard InChI is InChI=1S/C20H28N4O3/c1-3-10-26-18-11-16(8-9-17(18)21)20(25)22-12-14-4-6-15(7-5-14)19-23-13(2)27-24-19/h4-7,16-18H,3,8-12,21H2,1-2H3,(H,22,25)/t16-,17+,18+/m0/s1. The summed E-state index contributed by atoms with van der Waals surface area (Å²) in [6.07, 6.45) is 3.27. The van der Waals surface area contributed by atoms with Gasteiger partial charge < -0.3 is 20.3 Å². The predicted octanol–water partition coefficient (Wildman–Crippen LogP) is 2.58. The number of nitrogens with two attached hydrogens (primary N) is 1. The fourth-order valence-corrected chi connectivity index (χ4v) is 3.37. The molecule has 1 aromatic heterocycles. The Bertz CT molecular complexity index is 744. The van der Waals surface area contributed by atoms with Gasteiger partial charge in [0.15, 0.2) is 0 Å². The summed E-state index contributed by atoms with van der Waals surface area (Å²) in [6.45, 7) is 5.02. The lowest BCUT2D eigenvalue weighted by Gasteiger charge is -2.33. The van der Waals surface area contributed by atoms with Gasteiger partial charge in [-0.2, -0.15) is 4.98 Å². The lowest BCUT2D eigenvalue weighted by molar-refractivity contribution is -0.128. The Morgan fingerprint density at radius 1 is 1.33 bits per heavy atom. The molecule has 27 heavy (non-hydrogen) atoms. The van der Waals surface area contributed by atoms with E-state index >= 15 is 0 Å². The summed E-state index contributed by atoms with van der Waals surface area (Å²) in [4.78, 5) is 16.8. The topological polar surface area (TPSA) is 103 Å². The van der Waals surface area contributed by atoms with Crippen molar-refractivity contribution in [3.05, 3.63) is 35.7 Å². The third-order valence-corrected chi connectivity index (χ3v) is 4.96. The molecule has 3 N–H and O–H groups in total. The zero-order chi connectivity index (χ0) is 19.2. The van der Waals surface area contributed by atoms with Crippen LogP contribution in [0.3, 0.4) is 0 Å². The van der Waals surface area contributed by atoms with Crippen LogP contribution in [-0.4, -0.2) is 34.8 Å². The minimum absolute atomic E-state index is 0.0212. The highest BCUT2D eigenvalue weighted by Crippen LogP contribution is 2.26. The van der Waals surface area contributed by atoms with Crippen molar-refractivity contribution in [2.75, 3.05) is 6.61 Å². The van der Waals surface area contributed by atoms with Crippen LogP contribution in [0.5, 0.6) is 0 Å². The van der Waals surface area contributed by atoms with Crippen molar-refractivity contribution >= 4 is 5.91 Å². The van der Waals surface area contributed by atoms with Crippen LogP contribution in [0.25, 0.3) is 11.4 Å². The summed E-state index contributed by atoms with van der Waals surface area (Å²) in [5, 5.41) is 6.95. The Hall–Kier alpha value is -2.25. The molecule has 0 saturated heterocycles. The molecule has 1 aromatic carbocycles. The van der Waals surface area contributed by atoms with Crippen molar-refractivity contribution in [3.8, 4) is 11.4 Å². The highest BCUT2D eigenvalue weighted by molar-refractivity contribution is 5.78. The molecule has 7 heteroatoms. The second-order valence-corrected chi connectivity index (χ2v) is 7.13. The molecule has 0 spiro atoms. The Morgan fingerprint density at radius 2 is 2.11 bits per heavy atom. The molecule has 1 aliphatic rings. The SMILES string of the molecule is CCCO[C@@H]1C[C@@H](C(=O)NCc2ccc(-c3noc(C)n3)cc2)CC[C@H]1N. The first-order valence-electron chi connectivity index (χ1n) is 9.61. The number of ether oxygens (including phenoxy) is 1. The zero-order valence-corrected chi connectivity index (χ0v) is 16.0. The van der Waals surface area contributed by atoms with Gasteiger partial charge in [-0.1, -0.05) is 36.3 Å². The van der Waals surface area contributed by atoms with E-state index in [1.807, 2.05) is 24.3 Å². The molecule has 0 radical (unpaired) electrons. The Balaban J connectivity index is 1.51. The zero-order valence-electron chi connectivity index (χ0n) is 16.0. The molecular formula is C20H28N4O3. The van der Waals surface area contributed by atoms with Gasteiger partial charge in [0.1, 0.15) is 0 Å². The molecule has 3 rings (SSSR count). The van der Waals surface area contributed by atoms with Crippen molar-refractivity contribution in [1.82, 2.24) is 15.5 Å². The molecule has 1 saturated carbocycles. The van der Waals surface area contributed by atoms with E-state index in [0.29, 0.717) is 31.3 Å². The molecule has 0 unspecified atom stereocenters. The number of amides is 1. The number of benzene rings is 1. The number of hydrogen-bond donors (Lipinski definition) is 2. The fraction of sp³-hybridized carbons (Fsp3) is 0.550. The first kappa shape index (κ1) is 19.5. The molecule has 1 fully saturated rings. The van der Waals surface area contributed by atoms with E-state index in [1.54, 1.807) is 6.92 Å². The minimum Gasteiger partial charge on any atom is -0.377 e. The van der Waals surface area contributed by atoms with E-state index in [2.05, 4.69) is 22.4 Å². The number of aromatic nitrogens is 2.